The van der Waals surface area contributed by atoms with E-state index in [0.29, 0.717) is 31.7 Å². The van der Waals surface area contributed by atoms with E-state index in [2.05, 4.69) is 5.32 Å². The van der Waals surface area contributed by atoms with Crippen LogP contribution in [-0.4, -0.2) is 47.9 Å². The van der Waals surface area contributed by atoms with E-state index in [-0.39, 0.29) is 12.1 Å². The van der Waals surface area contributed by atoms with Crippen molar-refractivity contribution in [1.82, 2.24) is 10.2 Å². The van der Waals surface area contributed by atoms with Gasteiger partial charge in [-0.2, -0.15) is 0 Å². The van der Waals surface area contributed by atoms with Gasteiger partial charge in [0.25, 0.3) is 0 Å². The van der Waals surface area contributed by atoms with Crippen LogP contribution in [0.5, 0.6) is 0 Å². The highest BCUT2D eigenvalue weighted by Gasteiger charge is 2.29. The molecule has 23 heavy (non-hydrogen) atoms. The molecule has 1 heterocycles. The first kappa shape index (κ1) is 17.6. The fourth-order valence-corrected chi connectivity index (χ4v) is 2.64. The zero-order chi connectivity index (χ0) is 17.0. The highest BCUT2D eigenvalue weighted by molar-refractivity contribution is 5.75. The lowest BCUT2D eigenvalue weighted by molar-refractivity contribution is -0.00474. The number of amides is 2. The maximum absolute atomic E-state index is 13.3. The van der Waals surface area contributed by atoms with Crippen LogP contribution in [0.25, 0.3) is 0 Å². The molecule has 0 aliphatic carbocycles. The number of aliphatic hydroxyl groups excluding tert-OH is 1. The van der Waals surface area contributed by atoms with E-state index in [0.717, 1.165) is 12.1 Å². The Morgan fingerprint density at radius 3 is 2.83 bits per heavy atom. The minimum atomic E-state index is -0.943. The Labute approximate surface area is 134 Å². The Bertz CT molecular complexity index is 554. The summed E-state index contributed by atoms with van der Waals surface area (Å²) < 4.78 is 31.6. The van der Waals surface area contributed by atoms with Gasteiger partial charge in [-0.05, 0) is 38.0 Å². The maximum atomic E-state index is 13.3. The van der Waals surface area contributed by atoms with Crippen LogP contribution >= 0.6 is 0 Å². The number of halogens is 2. The van der Waals surface area contributed by atoms with Crippen LogP contribution in [0.2, 0.25) is 0 Å². The van der Waals surface area contributed by atoms with E-state index in [1.807, 2.05) is 0 Å². The number of hydrogen-bond acceptors (Lipinski definition) is 3. The molecule has 2 N–H and O–H groups in total. The van der Waals surface area contributed by atoms with Gasteiger partial charge in [-0.3, -0.25) is 0 Å². The predicted octanol–water partition coefficient (Wildman–Crippen LogP) is 2.21. The summed E-state index contributed by atoms with van der Waals surface area (Å²) in [6.07, 6.45) is -0.118. The molecule has 1 fully saturated rings. The number of hydrogen-bond donors (Lipinski definition) is 2. The van der Waals surface area contributed by atoms with Gasteiger partial charge in [0.15, 0.2) is 11.6 Å². The first-order valence-corrected chi connectivity index (χ1v) is 7.66. The molecule has 0 spiro atoms. The topological polar surface area (TPSA) is 61.8 Å². The van der Waals surface area contributed by atoms with Gasteiger partial charge < -0.3 is 20.1 Å². The molecule has 3 unspecified atom stereocenters. The Kier molecular flexibility index (Phi) is 5.90. The van der Waals surface area contributed by atoms with Gasteiger partial charge in [-0.1, -0.05) is 6.07 Å². The summed E-state index contributed by atoms with van der Waals surface area (Å²) in [5.74, 6) is -1.86. The van der Waals surface area contributed by atoms with E-state index in [1.165, 1.54) is 6.07 Å². The molecule has 0 bridgehead atoms. The van der Waals surface area contributed by atoms with Gasteiger partial charge in [0, 0.05) is 6.54 Å². The highest BCUT2D eigenvalue weighted by Crippen LogP contribution is 2.18. The van der Waals surface area contributed by atoms with E-state index in [1.54, 1.807) is 18.7 Å². The fraction of sp³-hybridized carbons (Fsp3) is 0.562. The van der Waals surface area contributed by atoms with Crippen molar-refractivity contribution in [3.63, 3.8) is 0 Å². The number of carbonyl (C=O) groups is 1. The number of urea groups is 1. The first-order chi connectivity index (χ1) is 10.9. The number of morpholine rings is 1. The van der Waals surface area contributed by atoms with Crippen LogP contribution in [-0.2, 0) is 4.74 Å². The molecule has 128 valence electrons. The lowest BCUT2D eigenvalue weighted by Crippen LogP contribution is -2.53. The normalized spacial score (nSPS) is 20.9. The molecule has 2 amide bonds. The van der Waals surface area contributed by atoms with Crippen molar-refractivity contribution in [3.05, 3.63) is 35.4 Å². The first-order valence-electron chi connectivity index (χ1n) is 7.66. The van der Waals surface area contributed by atoms with E-state index >= 15 is 0 Å². The third-order valence-corrected chi connectivity index (χ3v) is 3.89. The van der Waals surface area contributed by atoms with Gasteiger partial charge in [0.05, 0.1) is 31.4 Å². The van der Waals surface area contributed by atoms with Crippen molar-refractivity contribution in [2.24, 2.45) is 0 Å². The van der Waals surface area contributed by atoms with E-state index < -0.39 is 23.8 Å². The average molecular weight is 328 g/mol. The average Bonchev–Trinajstić information content (AvgIpc) is 2.49. The number of ether oxygens (including phenoxy) is 1. The minimum Gasteiger partial charge on any atom is -0.393 e. The summed E-state index contributed by atoms with van der Waals surface area (Å²) in [6, 6.07) is 2.57. The van der Waals surface area contributed by atoms with Crippen molar-refractivity contribution >= 4 is 6.03 Å². The molecule has 5 nitrogen and oxygen atoms in total. The molecule has 1 aromatic rings. The van der Waals surface area contributed by atoms with Crippen LogP contribution in [0.1, 0.15) is 31.9 Å². The second kappa shape index (κ2) is 7.70. The van der Waals surface area contributed by atoms with Crippen LogP contribution in [0, 0.1) is 11.6 Å². The molecule has 0 aromatic heterocycles. The van der Waals surface area contributed by atoms with Crippen LogP contribution in [0.4, 0.5) is 13.6 Å². The Morgan fingerprint density at radius 1 is 1.43 bits per heavy atom. The Balaban J connectivity index is 2.02. The minimum absolute atomic E-state index is 0.207. The van der Waals surface area contributed by atoms with Crippen LogP contribution < -0.4 is 5.32 Å². The molecule has 2 rings (SSSR count). The van der Waals surface area contributed by atoms with Gasteiger partial charge in [0.2, 0.25) is 0 Å². The monoisotopic (exact) mass is 328 g/mol. The third kappa shape index (κ3) is 4.62. The standard InChI is InChI=1S/C16H22F2N2O3/c1-10(21)7-13-9-23-6-5-20(13)16(22)19-11(2)12-3-4-14(17)15(18)8-12/h3-4,8,10-11,13,21H,5-7,9H2,1-2H3,(H,19,22). The SMILES string of the molecule is CC(O)CC1COCCN1C(=O)NC(C)c1ccc(F)c(F)c1. The molecule has 1 aliphatic rings. The number of aliphatic hydroxyl groups is 1. The van der Waals surface area contributed by atoms with Crippen molar-refractivity contribution in [2.45, 2.75) is 38.5 Å². The summed E-state index contributed by atoms with van der Waals surface area (Å²) in [6.45, 7) is 4.60. The summed E-state index contributed by atoms with van der Waals surface area (Å²) in [7, 11) is 0. The number of nitrogens with one attached hydrogen (secondary N) is 1. The molecule has 7 heteroatoms. The quantitative estimate of drug-likeness (QED) is 0.891. The number of rotatable bonds is 4. The zero-order valence-corrected chi connectivity index (χ0v) is 13.3. The maximum Gasteiger partial charge on any atom is 0.318 e. The Morgan fingerprint density at radius 2 is 2.17 bits per heavy atom. The summed E-state index contributed by atoms with van der Waals surface area (Å²) in [4.78, 5) is 14.1. The van der Waals surface area contributed by atoms with Crippen LogP contribution in [0.15, 0.2) is 18.2 Å². The summed E-state index contributed by atoms with van der Waals surface area (Å²) in [5, 5.41) is 12.3. The number of benzene rings is 1. The predicted molar refractivity (Wildman–Crippen MR) is 80.9 cm³/mol. The molecule has 0 saturated carbocycles. The molecule has 0 radical (unpaired) electrons. The van der Waals surface area contributed by atoms with Crippen molar-refractivity contribution < 1.29 is 23.4 Å². The molecule has 1 aliphatic heterocycles. The van der Waals surface area contributed by atoms with Crippen molar-refractivity contribution in [3.8, 4) is 0 Å². The smallest absolute Gasteiger partial charge is 0.318 e. The number of nitrogens with zero attached hydrogens (tertiary/aromatic N) is 1. The second-order valence-corrected chi connectivity index (χ2v) is 5.85. The highest BCUT2D eigenvalue weighted by atomic mass is 19.2. The largest absolute Gasteiger partial charge is 0.393 e. The molecule has 1 aromatic carbocycles. The molecule has 3 atom stereocenters. The molecule has 1 saturated heterocycles. The van der Waals surface area contributed by atoms with Crippen molar-refractivity contribution in [1.29, 1.82) is 0 Å². The fourth-order valence-electron chi connectivity index (χ4n) is 2.64. The van der Waals surface area contributed by atoms with E-state index in [4.69, 9.17) is 4.74 Å². The van der Waals surface area contributed by atoms with Gasteiger partial charge in [-0.25, -0.2) is 13.6 Å². The van der Waals surface area contributed by atoms with E-state index in [9.17, 15) is 18.7 Å². The zero-order valence-electron chi connectivity index (χ0n) is 13.3. The van der Waals surface area contributed by atoms with Gasteiger partial charge in [0.1, 0.15) is 0 Å². The summed E-state index contributed by atoms with van der Waals surface area (Å²) >= 11 is 0. The molecular weight excluding hydrogens is 306 g/mol. The van der Waals surface area contributed by atoms with Gasteiger partial charge >= 0.3 is 6.03 Å². The lowest BCUT2D eigenvalue weighted by Gasteiger charge is -2.37. The number of carbonyl (C=O) groups excluding carboxylic acids is 1. The molecular formula is C16H22F2N2O3. The summed E-state index contributed by atoms with van der Waals surface area (Å²) in [5.41, 5.74) is 0.484. The van der Waals surface area contributed by atoms with Crippen LogP contribution in [0.3, 0.4) is 0 Å². The lowest BCUT2D eigenvalue weighted by atomic mass is 10.1. The Hall–Kier alpha value is -1.73. The van der Waals surface area contributed by atoms with Crippen molar-refractivity contribution in [2.75, 3.05) is 19.8 Å². The third-order valence-electron chi connectivity index (χ3n) is 3.89. The second-order valence-electron chi connectivity index (χ2n) is 5.85. The van der Waals surface area contributed by atoms with Gasteiger partial charge in [-0.15, -0.1) is 0 Å².